The third-order valence-electron chi connectivity index (χ3n) is 5.65. The standard InChI is InChI=1S/C15H30BNO3S/c1-13(2,21(17)18)10-12(11-8-7-9-11)16-19-14(3,4)15(5,6)20-16/h11-12H,7-10,17H2,1-6H3/t12-,21?/m0/s1. The van der Waals surface area contributed by atoms with Crippen molar-refractivity contribution < 1.29 is 13.5 Å². The minimum absolute atomic E-state index is 0.219. The molecule has 0 amide bonds. The van der Waals surface area contributed by atoms with Crippen LogP contribution in [-0.4, -0.2) is 27.3 Å². The van der Waals surface area contributed by atoms with Crippen LogP contribution >= 0.6 is 0 Å². The Morgan fingerprint density at radius 2 is 1.71 bits per heavy atom. The van der Waals surface area contributed by atoms with E-state index in [1.807, 2.05) is 13.8 Å². The van der Waals surface area contributed by atoms with Gasteiger partial charge >= 0.3 is 7.12 Å². The maximum atomic E-state index is 11.8. The van der Waals surface area contributed by atoms with Crippen LogP contribution in [0.2, 0.25) is 5.82 Å². The molecule has 1 heterocycles. The van der Waals surface area contributed by atoms with Crippen molar-refractivity contribution in [1.82, 2.24) is 0 Å². The fourth-order valence-electron chi connectivity index (χ4n) is 3.07. The lowest BCUT2D eigenvalue weighted by atomic mass is 9.56. The van der Waals surface area contributed by atoms with E-state index in [0.717, 1.165) is 6.42 Å². The summed E-state index contributed by atoms with van der Waals surface area (Å²) >= 11 is 0. The SMILES string of the molecule is CC(C)(C[C@H](B1OC(C)(C)C(C)(C)O1)C1CCC1)S(N)=O. The fraction of sp³-hybridized carbons (Fsp3) is 1.00. The van der Waals surface area contributed by atoms with E-state index in [0.29, 0.717) is 5.92 Å². The van der Waals surface area contributed by atoms with Crippen LogP contribution in [0.5, 0.6) is 0 Å². The third kappa shape index (κ3) is 3.38. The van der Waals surface area contributed by atoms with Gasteiger partial charge in [0.05, 0.1) is 26.9 Å². The van der Waals surface area contributed by atoms with Crippen molar-refractivity contribution in [3.8, 4) is 0 Å². The summed E-state index contributed by atoms with van der Waals surface area (Å²) in [6, 6.07) is 0. The van der Waals surface area contributed by atoms with E-state index in [1.165, 1.54) is 19.3 Å². The van der Waals surface area contributed by atoms with Crippen LogP contribution in [0, 0.1) is 5.92 Å². The van der Waals surface area contributed by atoms with Gasteiger partial charge < -0.3 is 9.31 Å². The van der Waals surface area contributed by atoms with E-state index in [-0.39, 0.29) is 24.1 Å². The summed E-state index contributed by atoms with van der Waals surface area (Å²) < 4.78 is 23.9. The number of nitrogens with two attached hydrogens (primary N) is 1. The first-order valence-corrected chi connectivity index (χ1v) is 9.19. The highest BCUT2D eigenvalue weighted by Crippen LogP contribution is 2.49. The molecule has 2 aliphatic rings. The van der Waals surface area contributed by atoms with Gasteiger partial charge in [-0.05, 0) is 59.7 Å². The zero-order chi connectivity index (χ0) is 16.1. The Morgan fingerprint density at radius 1 is 1.24 bits per heavy atom. The van der Waals surface area contributed by atoms with E-state index in [2.05, 4.69) is 27.7 Å². The third-order valence-corrected chi connectivity index (χ3v) is 6.90. The summed E-state index contributed by atoms with van der Waals surface area (Å²) in [5, 5.41) is 5.67. The van der Waals surface area contributed by atoms with Crippen molar-refractivity contribution in [3.63, 3.8) is 0 Å². The van der Waals surface area contributed by atoms with Crippen LogP contribution in [-0.2, 0) is 20.3 Å². The van der Waals surface area contributed by atoms with E-state index in [9.17, 15) is 4.21 Å². The maximum absolute atomic E-state index is 11.8. The molecule has 122 valence electrons. The van der Waals surface area contributed by atoms with E-state index in [4.69, 9.17) is 14.4 Å². The Balaban J connectivity index is 2.17. The van der Waals surface area contributed by atoms with E-state index >= 15 is 0 Å². The summed E-state index contributed by atoms with van der Waals surface area (Å²) in [6.45, 7) is 12.3. The van der Waals surface area contributed by atoms with Crippen molar-refractivity contribution in [2.45, 2.75) is 89.0 Å². The molecular weight excluding hydrogens is 285 g/mol. The predicted molar refractivity (Wildman–Crippen MR) is 88.2 cm³/mol. The molecule has 2 atom stereocenters. The number of hydrogen-bond acceptors (Lipinski definition) is 3. The molecule has 2 N–H and O–H groups in total. The van der Waals surface area contributed by atoms with Gasteiger partial charge in [-0.1, -0.05) is 19.3 Å². The molecular formula is C15H30BNO3S. The summed E-state index contributed by atoms with van der Waals surface area (Å²) in [6.07, 6.45) is 4.47. The Hall–Kier alpha value is 0.0949. The van der Waals surface area contributed by atoms with Gasteiger partial charge in [0.25, 0.3) is 0 Å². The topological polar surface area (TPSA) is 61.6 Å². The molecule has 0 aromatic rings. The lowest BCUT2D eigenvalue weighted by Gasteiger charge is -2.38. The monoisotopic (exact) mass is 315 g/mol. The molecule has 1 saturated heterocycles. The lowest BCUT2D eigenvalue weighted by Crippen LogP contribution is -2.41. The van der Waals surface area contributed by atoms with Gasteiger partial charge in [-0.3, -0.25) is 5.14 Å². The molecule has 0 aromatic carbocycles. The van der Waals surface area contributed by atoms with Gasteiger partial charge in [-0.25, -0.2) is 4.21 Å². The molecule has 1 unspecified atom stereocenters. The Morgan fingerprint density at radius 3 is 2.05 bits per heavy atom. The molecule has 2 fully saturated rings. The van der Waals surface area contributed by atoms with Crippen LogP contribution in [0.1, 0.15) is 67.2 Å². The largest absolute Gasteiger partial charge is 0.461 e. The Bertz CT molecular complexity index is 405. The Labute approximate surface area is 132 Å². The predicted octanol–water partition coefficient (Wildman–Crippen LogP) is 3.04. The Kier molecular flexibility index (Phi) is 4.67. The molecule has 4 nitrogen and oxygen atoms in total. The van der Waals surface area contributed by atoms with Crippen LogP contribution < -0.4 is 5.14 Å². The molecule has 2 rings (SSSR count). The minimum Gasteiger partial charge on any atom is -0.403 e. The minimum atomic E-state index is -1.34. The summed E-state index contributed by atoms with van der Waals surface area (Å²) in [7, 11) is -1.56. The first kappa shape index (κ1) is 17.4. The molecule has 0 spiro atoms. The van der Waals surface area contributed by atoms with Crippen molar-refractivity contribution >= 4 is 18.1 Å². The normalized spacial score (nSPS) is 28.2. The number of rotatable bonds is 5. The highest BCUT2D eigenvalue weighted by atomic mass is 32.2. The van der Waals surface area contributed by atoms with Crippen molar-refractivity contribution in [1.29, 1.82) is 0 Å². The zero-order valence-corrected chi connectivity index (χ0v) is 15.1. The highest BCUT2D eigenvalue weighted by Gasteiger charge is 2.56. The van der Waals surface area contributed by atoms with Gasteiger partial charge in [0.2, 0.25) is 0 Å². The average Bonchev–Trinajstić information content (AvgIpc) is 2.44. The molecule has 6 heteroatoms. The lowest BCUT2D eigenvalue weighted by molar-refractivity contribution is 0.00578. The van der Waals surface area contributed by atoms with Crippen LogP contribution in [0.25, 0.3) is 0 Å². The summed E-state index contributed by atoms with van der Waals surface area (Å²) in [4.78, 5) is 0. The van der Waals surface area contributed by atoms with Gasteiger partial charge in [0, 0.05) is 0 Å². The molecule has 0 radical (unpaired) electrons. The molecule has 0 aromatic heterocycles. The first-order chi connectivity index (χ1) is 9.46. The van der Waals surface area contributed by atoms with Crippen LogP contribution in [0.4, 0.5) is 0 Å². The second-order valence-electron chi connectivity index (χ2n) is 8.24. The second-order valence-corrected chi connectivity index (χ2v) is 9.94. The first-order valence-electron chi connectivity index (χ1n) is 7.98. The molecule has 21 heavy (non-hydrogen) atoms. The van der Waals surface area contributed by atoms with Crippen molar-refractivity contribution in [2.75, 3.05) is 0 Å². The summed E-state index contributed by atoms with van der Waals surface area (Å²) in [5.41, 5.74) is -0.628. The van der Waals surface area contributed by atoms with Gasteiger partial charge in [0.15, 0.2) is 0 Å². The van der Waals surface area contributed by atoms with Gasteiger partial charge in [-0.15, -0.1) is 0 Å². The quantitative estimate of drug-likeness (QED) is 0.793. The molecule has 0 bridgehead atoms. The van der Waals surface area contributed by atoms with Crippen LogP contribution in [0.15, 0.2) is 0 Å². The maximum Gasteiger partial charge on any atom is 0.461 e. The van der Waals surface area contributed by atoms with Crippen LogP contribution in [0.3, 0.4) is 0 Å². The average molecular weight is 315 g/mol. The van der Waals surface area contributed by atoms with Crippen molar-refractivity contribution in [3.05, 3.63) is 0 Å². The fourth-order valence-corrected chi connectivity index (χ4v) is 3.42. The van der Waals surface area contributed by atoms with Crippen molar-refractivity contribution in [2.24, 2.45) is 11.1 Å². The van der Waals surface area contributed by atoms with Gasteiger partial charge in [-0.2, -0.15) is 0 Å². The summed E-state index contributed by atoms with van der Waals surface area (Å²) in [5.74, 6) is 0.866. The molecule has 1 aliphatic heterocycles. The van der Waals surface area contributed by atoms with Gasteiger partial charge in [0.1, 0.15) is 0 Å². The zero-order valence-electron chi connectivity index (χ0n) is 14.3. The molecule has 1 saturated carbocycles. The molecule has 1 aliphatic carbocycles. The second kappa shape index (κ2) is 5.62. The van der Waals surface area contributed by atoms with E-state index in [1.54, 1.807) is 0 Å². The highest BCUT2D eigenvalue weighted by molar-refractivity contribution is 7.84. The smallest absolute Gasteiger partial charge is 0.403 e. The van der Waals surface area contributed by atoms with E-state index < -0.39 is 15.7 Å². The number of hydrogen-bond donors (Lipinski definition) is 1.